The third kappa shape index (κ3) is 7.76. The third-order valence-corrected chi connectivity index (χ3v) is 1.58. The molecule has 0 radical (unpaired) electrons. The molecule has 0 aromatic rings. The van der Waals surface area contributed by atoms with Crippen LogP contribution in [0.4, 0.5) is 0 Å². The van der Waals surface area contributed by atoms with Gasteiger partial charge in [-0.3, -0.25) is 0 Å². The molecule has 0 aromatic carbocycles. The fraction of sp³-hybridized carbons (Fsp3) is 0.800. The highest BCUT2D eigenvalue weighted by Gasteiger charge is 2.02. The van der Waals surface area contributed by atoms with Crippen LogP contribution in [0.2, 0.25) is 0 Å². The molecule has 0 heterocycles. The SMILES string of the molecule is CC(C)CC(C)OCC=CCN. The average Bonchev–Trinajstić information content (AvgIpc) is 1.97. The van der Waals surface area contributed by atoms with Crippen LogP contribution in [-0.4, -0.2) is 19.3 Å². The maximum absolute atomic E-state index is 5.51. The van der Waals surface area contributed by atoms with E-state index in [1.807, 2.05) is 12.2 Å². The van der Waals surface area contributed by atoms with Crippen LogP contribution in [-0.2, 0) is 4.74 Å². The Morgan fingerprint density at radius 1 is 1.25 bits per heavy atom. The summed E-state index contributed by atoms with van der Waals surface area (Å²) in [6.45, 7) is 7.80. The molecule has 2 N–H and O–H groups in total. The molecule has 1 atom stereocenters. The first-order chi connectivity index (χ1) is 5.66. The Morgan fingerprint density at radius 2 is 1.92 bits per heavy atom. The second-order valence-electron chi connectivity index (χ2n) is 3.48. The predicted molar refractivity (Wildman–Crippen MR) is 53.1 cm³/mol. The summed E-state index contributed by atoms with van der Waals surface area (Å²) in [5.41, 5.74) is 5.28. The monoisotopic (exact) mass is 171 g/mol. The van der Waals surface area contributed by atoms with Gasteiger partial charge in [-0.05, 0) is 19.3 Å². The molecule has 2 nitrogen and oxygen atoms in total. The molecule has 2 heteroatoms. The van der Waals surface area contributed by atoms with E-state index in [1.165, 1.54) is 0 Å². The van der Waals surface area contributed by atoms with E-state index in [2.05, 4.69) is 20.8 Å². The van der Waals surface area contributed by atoms with Crippen molar-refractivity contribution in [1.82, 2.24) is 0 Å². The quantitative estimate of drug-likeness (QED) is 0.620. The first-order valence-electron chi connectivity index (χ1n) is 4.63. The summed E-state index contributed by atoms with van der Waals surface area (Å²) < 4.78 is 5.51. The van der Waals surface area contributed by atoms with Crippen molar-refractivity contribution in [2.45, 2.75) is 33.3 Å². The van der Waals surface area contributed by atoms with Crippen LogP contribution in [0.5, 0.6) is 0 Å². The van der Waals surface area contributed by atoms with Crippen molar-refractivity contribution < 1.29 is 4.74 Å². The number of hydrogen-bond donors (Lipinski definition) is 1. The van der Waals surface area contributed by atoms with Crippen molar-refractivity contribution in [3.8, 4) is 0 Å². The summed E-state index contributed by atoms with van der Waals surface area (Å²) >= 11 is 0. The van der Waals surface area contributed by atoms with E-state index >= 15 is 0 Å². The van der Waals surface area contributed by atoms with Gasteiger partial charge >= 0.3 is 0 Å². The fourth-order valence-electron chi connectivity index (χ4n) is 1.12. The molecule has 0 saturated heterocycles. The smallest absolute Gasteiger partial charge is 0.0651 e. The lowest BCUT2D eigenvalue weighted by atomic mass is 10.1. The molecule has 0 aliphatic rings. The summed E-state index contributed by atoms with van der Waals surface area (Å²) in [5, 5.41) is 0. The van der Waals surface area contributed by atoms with Crippen LogP contribution in [0.15, 0.2) is 12.2 Å². The highest BCUT2D eigenvalue weighted by molar-refractivity contribution is 4.82. The maximum Gasteiger partial charge on any atom is 0.0651 e. The zero-order chi connectivity index (χ0) is 9.40. The van der Waals surface area contributed by atoms with Gasteiger partial charge in [0.1, 0.15) is 0 Å². The highest BCUT2D eigenvalue weighted by atomic mass is 16.5. The minimum Gasteiger partial charge on any atom is -0.374 e. The van der Waals surface area contributed by atoms with Gasteiger partial charge in [0.05, 0.1) is 12.7 Å². The van der Waals surface area contributed by atoms with E-state index in [1.54, 1.807) is 0 Å². The second-order valence-corrected chi connectivity index (χ2v) is 3.48. The highest BCUT2D eigenvalue weighted by Crippen LogP contribution is 2.06. The van der Waals surface area contributed by atoms with E-state index < -0.39 is 0 Å². The van der Waals surface area contributed by atoms with Gasteiger partial charge < -0.3 is 10.5 Å². The van der Waals surface area contributed by atoms with Crippen LogP contribution in [0.1, 0.15) is 27.2 Å². The zero-order valence-electron chi connectivity index (χ0n) is 8.42. The number of nitrogens with two attached hydrogens (primary N) is 1. The van der Waals surface area contributed by atoms with Gasteiger partial charge in [0.25, 0.3) is 0 Å². The van der Waals surface area contributed by atoms with Gasteiger partial charge in [-0.25, -0.2) is 0 Å². The molecule has 0 bridgehead atoms. The van der Waals surface area contributed by atoms with Crippen LogP contribution < -0.4 is 5.73 Å². The first-order valence-corrected chi connectivity index (χ1v) is 4.63. The van der Waals surface area contributed by atoms with Crippen molar-refractivity contribution in [3.63, 3.8) is 0 Å². The Hall–Kier alpha value is -0.340. The van der Waals surface area contributed by atoms with Gasteiger partial charge in [-0.1, -0.05) is 26.0 Å². The van der Waals surface area contributed by atoms with Gasteiger partial charge in [-0.2, -0.15) is 0 Å². The van der Waals surface area contributed by atoms with Crippen LogP contribution in [0.3, 0.4) is 0 Å². The molecule has 0 aliphatic carbocycles. The predicted octanol–water partition coefficient (Wildman–Crippen LogP) is 1.95. The molecular weight excluding hydrogens is 150 g/mol. The van der Waals surface area contributed by atoms with E-state index in [-0.39, 0.29) is 0 Å². The Labute approximate surface area is 75.8 Å². The Kier molecular flexibility index (Phi) is 7.11. The molecular formula is C10H21NO. The van der Waals surface area contributed by atoms with Crippen LogP contribution in [0.25, 0.3) is 0 Å². The second kappa shape index (κ2) is 7.32. The van der Waals surface area contributed by atoms with Gasteiger partial charge in [-0.15, -0.1) is 0 Å². The molecule has 0 rings (SSSR count). The Morgan fingerprint density at radius 3 is 2.42 bits per heavy atom. The molecule has 0 aromatic heterocycles. The number of hydrogen-bond acceptors (Lipinski definition) is 2. The molecule has 0 saturated carbocycles. The summed E-state index contributed by atoms with van der Waals surface area (Å²) in [5.74, 6) is 0.707. The zero-order valence-corrected chi connectivity index (χ0v) is 8.42. The minimum atomic E-state index is 0.354. The Bertz CT molecular complexity index is 121. The molecule has 0 aliphatic heterocycles. The van der Waals surface area contributed by atoms with Crippen molar-refractivity contribution >= 4 is 0 Å². The summed E-state index contributed by atoms with van der Waals surface area (Å²) in [6, 6.07) is 0. The lowest BCUT2D eigenvalue weighted by Gasteiger charge is -2.13. The fourth-order valence-corrected chi connectivity index (χ4v) is 1.12. The summed E-state index contributed by atoms with van der Waals surface area (Å²) in [7, 11) is 0. The summed E-state index contributed by atoms with van der Waals surface area (Å²) in [4.78, 5) is 0. The lowest BCUT2D eigenvalue weighted by molar-refractivity contribution is 0.0724. The normalized spacial score (nSPS) is 14.4. The molecule has 0 spiro atoms. The molecule has 1 unspecified atom stereocenters. The first kappa shape index (κ1) is 11.7. The number of ether oxygens (including phenoxy) is 1. The van der Waals surface area contributed by atoms with Crippen molar-refractivity contribution in [2.75, 3.05) is 13.2 Å². The van der Waals surface area contributed by atoms with Crippen molar-refractivity contribution in [2.24, 2.45) is 11.7 Å². The van der Waals surface area contributed by atoms with Crippen molar-refractivity contribution in [3.05, 3.63) is 12.2 Å². The average molecular weight is 171 g/mol. The number of rotatable bonds is 6. The van der Waals surface area contributed by atoms with E-state index in [4.69, 9.17) is 10.5 Å². The van der Waals surface area contributed by atoms with E-state index in [0.717, 1.165) is 6.42 Å². The van der Waals surface area contributed by atoms with Gasteiger partial charge in [0.15, 0.2) is 0 Å². The maximum atomic E-state index is 5.51. The van der Waals surface area contributed by atoms with Gasteiger partial charge in [0.2, 0.25) is 0 Å². The summed E-state index contributed by atoms with van der Waals surface area (Å²) in [6.07, 6.45) is 5.36. The van der Waals surface area contributed by atoms with Crippen LogP contribution in [0, 0.1) is 5.92 Å². The molecule has 0 fully saturated rings. The molecule has 0 amide bonds. The third-order valence-electron chi connectivity index (χ3n) is 1.58. The molecule has 12 heavy (non-hydrogen) atoms. The topological polar surface area (TPSA) is 35.2 Å². The largest absolute Gasteiger partial charge is 0.374 e. The van der Waals surface area contributed by atoms with E-state index in [0.29, 0.717) is 25.2 Å². The van der Waals surface area contributed by atoms with Crippen LogP contribution >= 0.6 is 0 Å². The van der Waals surface area contributed by atoms with E-state index in [9.17, 15) is 0 Å². The molecule has 72 valence electrons. The minimum absolute atomic E-state index is 0.354. The van der Waals surface area contributed by atoms with Gasteiger partial charge in [0, 0.05) is 6.54 Å². The lowest BCUT2D eigenvalue weighted by Crippen LogP contribution is -2.11. The standard InChI is InChI=1S/C10H21NO/c1-9(2)8-10(3)12-7-5-4-6-11/h4-5,9-10H,6-8,11H2,1-3H3. The van der Waals surface area contributed by atoms with Crippen molar-refractivity contribution in [1.29, 1.82) is 0 Å². The Balaban J connectivity index is 3.31.